The van der Waals surface area contributed by atoms with E-state index in [0.717, 1.165) is 11.4 Å². The maximum atomic E-state index is 12.7. The summed E-state index contributed by atoms with van der Waals surface area (Å²) in [6.45, 7) is 5.18. The molecule has 0 aromatic carbocycles. The number of imidazole rings is 1. The number of hydrogen-bond donors (Lipinski definition) is 1. The quantitative estimate of drug-likeness (QED) is 0.778. The highest BCUT2D eigenvalue weighted by molar-refractivity contribution is 7.12. The van der Waals surface area contributed by atoms with Crippen LogP contribution in [0.5, 0.6) is 0 Å². The Morgan fingerprint density at radius 3 is 2.36 bits per heavy atom. The van der Waals surface area contributed by atoms with E-state index in [1.54, 1.807) is 0 Å². The molecule has 3 heterocycles. The summed E-state index contributed by atoms with van der Waals surface area (Å²) in [4.78, 5) is 15.2. The van der Waals surface area contributed by atoms with Gasteiger partial charge in [-0.1, -0.05) is 5.16 Å². The molecule has 0 unspecified atom stereocenters. The van der Waals surface area contributed by atoms with E-state index >= 15 is 0 Å². The minimum Gasteiger partial charge on any atom is -0.339 e. The molecule has 3 aromatic heterocycles. The number of nitrogens with zero attached hydrogens (tertiary/aromatic N) is 4. The van der Waals surface area contributed by atoms with Gasteiger partial charge in [0.1, 0.15) is 5.69 Å². The van der Waals surface area contributed by atoms with Crippen LogP contribution in [0.1, 0.15) is 21.3 Å². The maximum absolute atomic E-state index is 12.7. The molecule has 0 bridgehead atoms. The van der Waals surface area contributed by atoms with Gasteiger partial charge < -0.3 is 9.51 Å². The molecule has 10 heteroatoms. The molecular formula is C12H10F3N5OS. The number of aromatic nitrogens is 5. The Bertz CT molecular complexity index is 813. The number of aryl methyl sites for hydroxylation is 3. The van der Waals surface area contributed by atoms with Crippen LogP contribution in [0.25, 0.3) is 23.2 Å². The van der Waals surface area contributed by atoms with Gasteiger partial charge in [-0.15, -0.1) is 11.3 Å². The highest BCUT2D eigenvalue weighted by atomic mass is 32.1. The molecule has 0 saturated heterocycles. The first kappa shape index (κ1) is 14.7. The normalized spacial score (nSPS) is 12.1. The van der Waals surface area contributed by atoms with E-state index in [1.807, 2.05) is 13.8 Å². The smallest absolute Gasteiger partial charge is 0.339 e. The van der Waals surface area contributed by atoms with Gasteiger partial charge in [-0.25, -0.2) is 9.97 Å². The fraction of sp³-hybridized carbons (Fsp3) is 0.333. The van der Waals surface area contributed by atoms with E-state index in [2.05, 4.69) is 25.1 Å². The molecule has 0 amide bonds. The summed E-state index contributed by atoms with van der Waals surface area (Å²) in [6, 6.07) is 0. The minimum atomic E-state index is -4.49. The van der Waals surface area contributed by atoms with Crippen LogP contribution >= 0.6 is 11.3 Å². The van der Waals surface area contributed by atoms with E-state index in [4.69, 9.17) is 4.52 Å². The first-order valence-electron chi connectivity index (χ1n) is 6.18. The molecule has 0 saturated carbocycles. The molecule has 0 aliphatic carbocycles. The second-order valence-electron chi connectivity index (χ2n) is 4.64. The Balaban J connectivity index is 1.99. The van der Waals surface area contributed by atoms with Gasteiger partial charge in [-0.05, 0) is 20.8 Å². The fourth-order valence-corrected chi connectivity index (χ4v) is 2.56. The Morgan fingerprint density at radius 2 is 1.82 bits per heavy atom. The molecule has 0 atom stereocenters. The zero-order chi connectivity index (χ0) is 16.1. The van der Waals surface area contributed by atoms with Crippen molar-refractivity contribution in [3.63, 3.8) is 0 Å². The summed E-state index contributed by atoms with van der Waals surface area (Å²) in [5.74, 6) is 0.507. The van der Waals surface area contributed by atoms with Crippen LogP contribution in [0.4, 0.5) is 13.2 Å². The summed E-state index contributed by atoms with van der Waals surface area (Å²) in [6.07, 6.45) is -4.49. The van der Waals surface area contributed by atoms with Crippen LogP contribution in [0.3, 0.4) is 0 Å². The van der Waals surface area contributed by atoms with E-state index in [0.29, 0.717) is 22.0 Å². The number of H-pyrrole nitrogens is 1. The Kier molecular flexibility index (Phi) is 3.28. The molecule has 116 valence electrons. The predicted octanol–water partition coefficient (Wildman–Crippen LogP) is 3.53. The maximum Gasteiger partial charge on any atom is 0.443 e. The van der Waals surface area contributed by atoms with E-state index in [1.165, 1.54) is 6.92 Å². The van der Waals surface area contributed by atoms with Crippen molar-refractivity contribution in [3.05, 3.63) is 21.3 Å². The van der Waals surface area contributed by atoms with Gasteiger partial charge in [0.15, 0.2) is 10.8 Å². The number of halogens is 3. The lowest BCUT2D eigenvalue weighted by Gasteiger charge is -1.98. The van der Waals surface area contributed by atoms with Crippen molar-refractivity contribution in [3.8, 4) is 23.2 Å². The molecule has 0 spiro atoms. The Hall–Kier alpha value is -2.23. The average molecular weight is 329 g/mol. The molecule has 3 aromatic rings. The number of hydrogen-bond acceptors (Lipinski definition) is 6. The molecule has 6 nitrogen and oxygen atoms in total. The standard InChI is InChI=1S/C12H10F3N5OS/c1-4-5(2)17-8(16-4)9-19-10(21-20-9)7-6(3)22-11(18-7)12(13,14)15/h1-3H3,(H,16,17). The first-order valence-corrected chi connectivity index (χ1v) is 6.99. The third kappa shape index (κ3) is 2.49. The second-order valence-corrected chi connectivity index (χ2v) is 5.84. The minimum absolute atomic E-state index is 0.0380. The highest BCUT2D eigenvalue weighted by Crippen LogP contribution is 2.37. The van der Waals surface area contributed by atoms with Crippen molar-refractivity contribution in [2.45, 2.75) is 26.9 Å². The van der Waals surface area contributed by atoms with Crippen molar-refractivity contribution in [2.75, 3.05) is 0 Å². The van der Waals surface area contributed by atoms with E-state index < -0.39 is 11.2 Å². The lowest BCUT2D eigenvalue weighted by atomic mass is 10.4. The first-order chi connectivity index (χ1) is 10.3. The van der Waals surface area contributed by atoms with Crippen molar-refractivity contribution in [2.24, 2.45) is 0 Å². The van der Waals surface area contributed by atoms with Crippen molar-refractivity contribution >= 4 is 11.3 Å². The highest BCUT2D eigenvalue weighted by Gasteiger charge is 2.36. The van der Waals surface area contributed by atoms with Gasteiger partial charge >= 0.3 is 6.18 Å². The summed E-state index contributed by atoms with van der Waals surface area (Å²) in [7, 11) is 0. The molecule has 0 radical (unpaired) electrons. The topological polar surface area (TPSA) is 80.5 Å². The molecular weight excluding hydrogens is 319 g/mol. The molecule has 22 heavy (non-hydrogen) atoms. The van der Waals surface area contributed by atoms with Crippen LogP contribution in [0.2, 0.25) is 0 Å². The summed E-state index contributed by atoms with van der Waals surface area (Å²) in [5.41, 5.74) is 1.67. The van der Waals surface area contributed by atoms with Gasteiger partial charge in [0, 0.05) is 10.6 Å². The molecule has 0 aliphatic heterocycles. The van der Waals surface area contributed by atoms with Gasteiger partial charge in [-0.3, -0.25) is 0 Å². The number of thiazole rings is 1. The molecule has 1 N–H and O–H groups in total. The fourth-order valence-electron chi connectivity index (χ4n) is 1.79. The molecule has 0 aliphatic rings. The monoisotopic (exact) mass is 329 g/mol. The molecule has 0 fully saturated rings. The van der Waals surface area contributed by atoms with Gasteiger partial charge in [-0.2, -0.15) is 18.2 Å². The van der Waals surface area contributed by atoms with E-state index in [-0.39, 0.29) is 17.4 Å². The van der Waals surface area contributed by atoms with Gasteiger partial charge in [0.05, 0.1) is 5.69 Å². The predicted molar refractivity (Wildman–Crippen MR) is 72.2 cm³/mol. The van der Waals surface area contributed by atoms with Crippen LogP contribution in [-0.2, 0) is 6.18 Å². The van der Waals surface area contributed by atoms with Crippen molar-refractivity contribution in [1.29, 1.82) is 0 Å². The van der Waals surface area contributed by atoms with Crippen LogP contribution in [0, 0.1) is 20.8 Å². The largest absolute Gasteiger partial charge is 0.443 e. The lowest BCUT2D eigenvalue weighted by molar-refractivity contribution is -0.137. The van der Waals surface area contributed by atoms with Crippen molar-refractivity contribution < 1.29 is 17.7 Å². The number of nitrogens with one attached hydrogen (secondary N) is 1. The Morgan fingerprint density at radius 1 is 1.09 bits per heavy atom. The average Bonchev–Trinajstić information content (AvgIpc) is 3.08. The Labute approximate surface area is 126 Å². The van der Waals surface area contributed by atoms with Crippen LogP contribution < -0.4 is 0 Å². The third-order valence-corrected chi connectivity index (χ3v) is 4.02. The van der Waals surface area contributed by atoms with E-state index in [9.17, 15) is 13.2 Å². The number of alkyl halides is 3. The third-order valence-electron chi connectivity index (χ3n) is 3.01. The van der Waals surface area contributed by atoms with Gasteiger partial charge in [0.2, 0.25) is 5.82 Å². The lowest BCUT2D eigenvalue weighted by Crippen LogP contribution is -2.03. The zero-order valence-electron chi connectivity index (χ0n) is 11.7. The number of aromatic amines is 1. The molecule has 3 rings (SSSR count). The van der Waals surface area contributed by atoms with Crippen LogP contribution in [0.15, 0.2) is 4.52 Å². The number of rotatable bonds is 2. The summed E-state index contributed by atoms with van der Waals surface area (Å²) in [5, 5.41) is 2.79. The van der Waals surface area contributed by atoms with Crippen LogP contribution in [-0.4, -0.2) is 25.1 Å². The zero-order valence-corrected chi connectivity index (χ0v) is 12.6. The summed E-state index contributed by atoms with van der Waals surface area (Å²) < 4.78 is 43.1. The van der Waals surface area contributed by atoms with Gasteiger partial charge in [0.25, 0.3) is 5.89 Å². The summed E-state index contributed by atoms with van der Waals surface area (Å²) >= 11 is 0.540. The van der Waals surface area contributed by atoms with Crippen molar-refractivity contribution in [1.82, 2.24) is 25.1 Å². The second kappa shape index (κ2) is 4.90. The SMILES string of the molecule is Cc1nc(-c2noc(-c3nc(C(F)(F)F)sc3C)n2)[nH]c1C.